The van der Waals surface area contributed by atoms with Gasteiger partial charge in [0.05, 0.1) is 36.3 Å². The van der Waals surface area contributed by atoms with E-state index >= 15 is 0 Å². The number of aliphatic hydroxyl groups is 1. The lowest BCUT2D eigenvalue weighted by Crippen LogP contribution is -2.12. The van der Waals surface area contributed by atoms with E-state index in [-0.39, 0.29) is 24.2 Å². The molecule has 1 saturated heterocycles. The molecule has 0 radical (unpaired) electrons. The number of rotatable bonds is 2. The van der Waals surface area contributed by atoms with Crippen LogP contribution >= 0.6 is 0 Å². The van der Waals surface area contributed by atoms with Gasteiger partial charge in [0, 0.05) is 6.04 Å². The third-order valence-electron chi connectivity index (χ3n) is 2.51. The zero-order valence-corrected chi connectivity index (χ0v) is 8.44. The largest absolute Gasteiger partial charge is 0.390 e. The Labute approximate surface area is 82.3 Å². The highest BCUT2D eigenvalue weighted by atomic mass is 32.2. The molecular weight excluding hydrogens is 204 g/mol. The number of nitrogens with zero attached hydrogens (tertiary/aromatic N) is 2. The zero-order chi connectivity index (χ0) is 10.2. The van der Waals surface area contributed by atoms with Crippen LogP contribution in [0.3, 0.4) is 0 Å². The van der Waals surface area contributed by atoms with Crippen molar-refractivity contribution in [1.29, 1.82) is 0 Å². The minimum absolute atomic E-state index is 0.0513. The van der Waals surface area contributed by atoms with Crippen molar-refractivity contribution in [1.82, 2.24) is 9.55 Å². The molecule has 1 atom stereocenters. The van der Waals surface area contributed by atoms with Crippen LogP contribution in [0.4, 0.5) is 0 Å². The maximum atomic E-state index is 11.2. The summed E-state index contributed by atoms with van der Waals surface area (Å²) in [5.41, 5.74) is 0.673. The average molecular weight is 216 g/mol. The second-order valence-electron chi connectivity index (χ2n) is 3.51. The van der Waals surface area contributed by atoms with Crippen molar-refractivity contribution in [3.05, 3.63) is 18.2 Å². The molecule has 6 heteroatoms. The maximum absolute atomic E-state index is 11.2. The Morgan fingerprint density at radius 2 is 2.43 bits per heavy atom. The number of hydrogen-bond acceptors (Lipinski definition) is 4. The lowest BCUT2D eigenvalue weighted by molar-refractivity contribution is 0.267. The third-order valence-corrected chi connectivity index (χ3v) is 4.26. The Morgan fingerprint density at radius 3 is 3.00 bits per heavy atom. The monoisotopic (exact) mass is 216 g/mol. The zero-order valence-electron chi connectivity index (χ0n) is 7.63. The number of aliphatic hydroxyl groups excluding tert-OH is 1. The molecule has 0 amide bonds. The van der Waals surface area contributed by atoms with E-state index < -0.39 is 9.84 Å². The normalized spacial score (nSPS) is 25.4. The van der Waals surface area contributed by atoms with Crippen molar-refractivity contribution < 1.29 is 13.5 Å². The summed E-state index contributed by atoms with van der Waals surface area (Å²) in [5.74, 6) is 0.400. The first kappa shape index (κ1) is 9.67. The first-order valence-corrected chi connectivity index (χ1v) is 6.26. The lowest BCUT2D eigenvalue weighted by Gasteiger charge is -2.12. The molecule has 1 aromatic rings. The van der Waals surface area contributed by atoms with Crippen LogP contribution in [0.25, 0.3) is 0 Å². The van der Waals surface area contributed by atoms with Crippen LogP contribution < -0.4 is 0 Å². The minimum atomic E-state index is -2.88. The van der Waals surface area contributed by atoms with Gasteiger partial charge in [-0.05, 0) is 6.42 Å². The average Bonchev–Trinajstić information content (AvgIpc) is 2.70. The molecule has 14 heavy (non-hydrogen) atoms. The van der Waals surface area contributed by atoms with Crippen molar-refractivity contribution in [3.63, 3.8) is 0 Å². The van der Waals surface area contributed by atoms with Gasteiger partial charge in [-0.25, -0.2) is 13.4 Å². The van der Waals surface area contributed by atoms with Crippen LogP contribution in [0, 0.1) is 0 Å². The van der Waals surface area contributed by atoms with Crippen LogP contribution in [0.5, 0.6) is 0 Å². The summed E-state index contributed by atoms with van der Waals surface area (Å²) in [6.07, 6.45) is 3.76. The van der Waals surface area contributed by atoms with Gasteiger partial charge < -0.3 is 9.67 Å². The van der Waals surface area contributed by atoms with Crippen molar-refractivity contribution in [2.24, 2.45) is 0 Å². The first-order chi connectivity index (χ1) is 6.62. The second-order valence-corrected chi connectivity index (χ2v) is 5.74. The van der Waals surface area contributed by atoms with E-state index in [0.29, 0.717) is 12.1 Å². The molecule has 0 aliphatic carbocycles. The topological polar surface area (TPSA) is 72.2 Å². The van der Waals surface area contributed by atoms with E-state index in [1.54, 1.807) is 17.1 Å². The molecule has 0 spiro atoms. The van der Waals surface area contributed by atoms with Gasteiger partial charge in [0.1, 0.15) is 0 Å². The molecule has 1 N–H and O–H groups in total. The number of hydrogen-bond donors (Lipinski definition) is 1. The van der Waals surface area contributed by atoms with Gasteiger partial charge in [-0.1, -0.05) is 0 Å². The Bertz CT molecular complexity index is 424. The molecule has 2 heterocycles. The SMILES string of the molecule is O=S1(=O)CCC(n2cncc2CO)C1. The highest BCUT2D eigenvalue weighted by molar-refractivity contribution is 7.91. The first-order valence-electron chi connectivity index (χ1n) is 4.44. The van der Waals surface area contributed by atoms with Crippen molar-refractivity contribution >= 4 is 9.84 Å². The Hall–Kier alpha value is -0.880. The van der Waals surface area contributed by atoms with E-state index in [9.17, 15) is 8.42 Å². The van der Waals surface area contributed by atoms with Crippen LogP contribution in [-0.4, -0.2) is 34.6 Å². The molecule has 0 bridgehead atoms. The molecule has 0 aromatic carbocycles. The second kappa shape index (κ2) is 3.36. The Balaban J connectivity index is 2.25. The molecule has 1 aromatic heterocycles. The van der Waals surface area contributed by atoms with Gasteiger partial charge in [0.25, 0.3) is 0 Å². The summed E-state index contributed by atoms with van der Waals surface area (Å²) in [5, 5.41) is 8.99. The molecule has 5 nitrogen and oxygen atoms in total. The van der Waals surface area contributed by atoms with Gasteiger partial charge in [-0.2, -0.15) is 0 Å². The summed E-state index contributed by atoms with van der Waals surface area (Å²) >= 11 is 0. The smallest absolute Gasteiger partial charge is 0.152 e. The van der Waals surface area contributed by atoms with Crippen LogP contribution in [-0.2, 0) is 16.4 Å². The van der Waals surface area contributed by atoms with Gasteiger partial charge in [0.2, 0.25) is 0 Å². The molecule has 2 rings (SSSR count). The maximum Gasteiger partial charge on any atom is 0.152 e. The minimum Gasteiger partial charge on any atom is -0.390 e. The van der Waals surface area contributed by atoms with Crippen LogP contribution in [0.15, 0.2) is 12.5 Å². The third kappa shape index (κ3) is 1.67. The van der Waals surface area contributed by atoms with Crippen molar-refractivity contribution in [2.75, 3.05) is 11.5 Å². The molecule has 78 valence electrons. The summed E-state index contributed by atoms with van der Waals surface area (Å²) in [7, 11) is -2.88. The van der Waals surface area contributed by atoms with Crippen molar-refractivity contribution in [2.45, 2.75) is 19.1 Å². The summed E-state index contributed by atoms with van der Waals surface area (Å²) in [6, 6.07) is -0.0513. The molecule has 0 saturated carbocycles. The van der Waals surface area contributed by atoms with Gasteiger partial charge in [-0.3, -0.25) is 0 Å². The fourth-order valence-electron chi connectivity index (χ4n) is 1.78. The number of sulfone groups is 1. The number of aromatic nitrogens is 2. The van der Waals surface area contributed by atoms with E-state index in [2.05, 4.69) is 4.98 Å². The highest BCUT2D eigenvalue weighted by Gasteiger charge is 2.29. The van der Waals surface area contributed by atoms with E-state index in [1.807, 2.05) is 0 Å². The molecule has 1 fully saturated rings. The molecule has 1 unspecified atom stereocenters. The Morgan fingerprint density at radius 1 is 1.64 bits per heavy atom. The van der Waals surface area contributed by atoms with Crippen LogP contribution in [0.1, 0.15) is 18.2 Å². The molecule has 1 aliphatic rings. The van der Waals surface area contributed by atoms with Crippen molar-refractivity contribution in [3.8, 4) is 0 Å². The molecular formula is C8H12N2O3S. The predicted octanol–water partition coefficient (Wildman–Crippen LogP) is -0.265. The predicted molar refractivity (Wildman–Crippen MR) is 50.5 cm³/mol. The quantitative estimate of drug-likeness (QED) is 0.739. The van der Waals surface area contributed by atoms with Gasteiger partial charge >= 0.3 is 0 Å². The highest BCUT2D eigenvalue weighted by Crippen LogP contribution is 2.24. The van der Waals surface area contributed by atoms with Gasteiger partial charge in [0.15, 0.2) is 9.84 Å². The summed E-state index contributed by atoms with van der Waals surface area (Å²) in [6.45, 7) is -0.101. The summed E-state index contributed by atoms with van der Waals surface area (Å²) < 4.78 is 24.2. The van der Waals surface area contributed by atoms with E-state index in [1.165, 1.54) is 0 Å². The van der Waals surface area contributed by atoms with Crippen LogP contribution in [0.2, 0.25) is 0 Å². The fraction of sp³-hybridized carbons (Fsp3) is 0.625. The molecule has 1 aliphatic heterocycles. The lowest BCUT2D eigenvalue weighted by atomic mass is 10.2. The standard InChI is InChI=1S/C8H12N2O3S/c11-4-8-3-9-6-10(8)7-1-2-14(12,13)5-7/h3,6-7,11H,1-2,4-5H2. The Kier molecular flexibility index (Phi) is 2.32. The van der Waals surface area contributed by atoms with Gasteiger partial charge in [-0.15, -0.1) is 0 Å². The fourth-order valence-corrected chi connectivity index (χ4v) is 3.49. The number of imidazole rings is 1. The summed E-state index contributed by atoms with van der Waals surface area (Å²) in [4.78, 5) is 3.89. The van der Waals surface area contributed by atoms with E-state index in [0.717, 1.165) is 0 Å². The van der Waals surface area contributed by atoms with E-state index in [4.69, 9.17) is 5.11 Å².